The number of nitro groups is 1. The zero-order valence-electron chi connectivity index (χ0n) is 12.7. The number of nitrogens with zero attached hydrogens (tertiary/aromatic N) is 3. The summed E-state index contributed by atoms with van der Waals surface area (Å²) < 4.78 is 0.973. The molecular formula is C18H10BrN3O2S. The molecule has 0 aliphatic rings. The number of hydrogen-bond donors (Lipinski definition) is 0. The highest BCUT2D eigenvalue weighted by Crippen LogP contribution is 2.29. The van der Waals surface area contributed by atoms with Crippen molar-refractivity contribution in [3.63, 3.8) is 0 Å². The van der Waals surface area contributed by atoms with Gasteiger partial charge in [0.15, 0.2) is 0 Å². The molecule has 0 fully saturated rings. The van der Waals surface area contributed by atoms with E-state index in [2.05, 4.69) is 27.0 Å². The average Bonchev–Trinajstić information content (AvgIpc) is 3.10. The zero-order chi connectivity index (χ0) is 17.8. The Hall–Kier alpha value is -2.82. The van der Waals surface area contributed by atoms with E-state index in [1.54, 1.807) is 18.2 Å². The Kier molecular flexibility index (Phi) is 5.03. The highest BCUT2D eigenvalue weighted by atomic mass is 79.9. The van der Waals surface area contributed by atoms with Crippen LogP contribution in [0.15, 0.2) is 58.4 Å². The maximum Gasteiger partial charge on any atom is 0.276 e. The second-order valence-corrected chi connectivity index (χ2v) is 6.80. The van der Waals surface area contributed by atoms with Gasteiger partial charge < -0.3 is 0 Å². The van der Waals surface area contributed by atoms with Gasteiger partial charge in [-0.05, 0) is 24.3 Å². The monoisotopic (exact) mass is 411 g/mol. The van der Waals surface area contributed by atoms with Crippen LogP contribution in [0.1, 0.15) is 10.6 Å². The molecule has 122 valence electrons. The molecule has 1 heterocycles. The lowest BCUT2D eigenvalue weighted by Crippen LogP contribution is -1.91. The van der Waals surface area contributed by atoms with Crippen molar-refractivity contribution in [2.75, 3.05) is 0 Å². The first kappa shape index (κ1) is 17.0. The Labute approximate surface area is 156 Å². The molecule has 1 aromatic heterocycles. The van der Waals surface area contributed by atoms with E-state index in [0.29, 0.717) is 16.1 Å². The summed E-state index contributed by atoms with van der Waals surface area (Å²) in [5, 5.41) is 23.0. The molecule has 0 aliphatic heterocycles. The van der Waals surface area contributed by atoms with Crippen LogP contribution in [0.3, 0.4) is 0 Å². The van der Waals surface area contributed by atoms with Crippen LogP contribution in [0.25, 0.3) is 22.9 Å². The molecule has 0 spiro atoms. The van der Waals surface area contributed by atoms with Crippen LogP contribution in [-0.2, 0) is 0 Å². The van der Waals surface area contributed by atoms with E-state index < -0.39 is 4.92 Å². The van der Waals surface area contributed by atoms with Gasteiger partial charge in [0.05, 0.1) is 21.8 Å². The molecule has 0 saturated heterocycles. The highest BCUT2D eigenvalue weighted by Gasteiger charge is 2.14. The molecule has 3 rings (SSSR count). The minimum absolute atomic E-state index is 0.0417. The van der Waals surface area contributed by atoms with Gasteiger partial charge in [-0.1, -0.05) is 40.2 Å². The van der Waals surface area contributed by atoms with Crippen molar-refractivity contribution < 1.29 is 4.92 Å². The van der Waals surface area contributed by atoms with E-state index in [1.807, 2.05) is 29.6 Å². The lowest BCUT2D eigenvalue weighted by molar-refractivity contribution is -0.385. The fraction of sp³-hybridized carbons (Fsp3) is 0. The van der Waals surface area contributed by atoms with Crippen LogP contribution >= 0.6 is 27.3 Å². The van der Waals surface area contributed by atoms with E-state index in [4.69, 9.17) is 0 Å². The fourth-order valence-electron chi connectivity index (χ4n) is 2.22. The van der Waals surface area contributed by atoms with Gasteiger partial charge in [-0.2, -0.15) is 5.26 Å². The quantitative estimate of drug-likeness (QED) is 0.320. The van der Waals surface area contributed by atoms with Crippen LogP contribution < -0.4 is 0 Å². The summed E-state index contributed by atoms with van der Waals surface area (Å²) in [5.74, 6) is 0. The lowest BCUT2D eigenvalue weighted by atomic mass is 10.1. The van der Waals surface area contributed by atoms with Crippen molar-refractivity contribution in [1.29, 1.82) is 5.26 Å². The van der Waals surface area contributed by atoms with E-state index in [1.165, 1.54) is 23.5 Å². The Bertz CT molecular complexity index is 1000. The first-order valence-corrected chi connectivity index (χ1v) is 8.83. The Balaban J connectivity index is 1.99. The molecule has 0 aliphatic carbocycles. The molecular weight excluding hydrogens is 402 g/mol. The Morgan fingerprint density at radius 1 is 1.24 bits per heavy atom. The van der Waals surface area contributed by atoms with Crippen molar-refractivity contribution in [2.24, 2.45) is 0 Å². The van der Waals surface area contributed by atoms with E-state index in [9.17, 15) is 15.4 Å². The van der Waals surface area contributed by atoms with Gasteiger partial charge >= 0.3 is 0 Å². The van der Waals surface area contributed by atoms with Crippen molar-refractivity contribution in [3.8, 4) is 17.3 Å². The summed E-state index contributed by atoms with van der Waals surface area (Å²) in [6.45, 7) is 0. The van der Waals surface area contributed by atoms with E-state index in [0.717, 1.165) is 15.7 Å². The van der Waals surface area contributed by atoms with Crippen molar-refractivity contribution in [3.05, 3.63) is 79.1 Å². The Morgan fingerprint density at radius 3 is 2.64 bits per heavy atom. The molecule has 0 unspecified atom stereocenters. The van der Waals surface area contributed by atoms with Gasteiger partial charge in [-0.3, -0.25) is 10.1 Å². The second kappa shape index (κ2) is 7.38. The first-order valence-electron chi connectivity index (χ1n) is 7.15. The molecule has 0 N–H and O–H groups in total. The van der Waals surface area contributed by atoms with Gasteiger partial charge in [-0.25, -0.2) is 4.98 Å². The molecule has 0 amide bonds. The summed E-state index contributed by atoms with van der Waals surface area (Å²) in [6.07, 6.45) is 1.50. The standard InChI is InChI=1S/C18H10BrN3O2S/c19-15-7-5-12(6-8-15)16-11-25-18(21-16)14(10-20)9-13-3-1-2-4-17(13)22(23)24/h1-9,11H/b14-9-. The fourth-order valence-corrected chi connectivity index (χ4v) is 3.28. The van der Waals surface area contributed by atoms with Crippen LogP contribution in [0, 0.1) is 21.4 Å². The van der Waals surface area contributed by atoms with Crippen LogP contribution in [0.5, 0.6) is 0 Å². The number of thiazole rings is 1. The van der Waals surface area contributed by atoms with Crippen LogP contribution in [0.4, 0.5) is 5.69 Å². The summed E-state index contributed by atoms with van der Waals surface area (Å²) in [5.41, 5.74) is 2.33. The van der Waals surface area contributed by atoms with Gasteiger partial charge in [0.25, 0.3) is 5.69 Å². The number of aromatic nitrogens is 1. The summed E-state index contributed by atoms with van der Waals surface area (Å²) >= 11 is 4.72. The first-order chi connectivity index (χ1) is 12.1. The third kappa shape index (κ3) is 3.82. The molecule has 5 nitrogen and oxygen atoms in total. The normalized spacial score (nSPS) is 11.1. The largest absolute Gasteiger partial charge is 0.276 e. The lowest BCUT2D eigenvalue weighted by Gasteiger charge is -1.98. The number of halogens is 1. The topological polar surface area (TPSA) is 79.8 Å². The van der Waals surface area contributed by atoms with Gasteiger partial charge in [-0.15, -0.1) is 11.3 Å². The Morgan fingerprint density at radius 2 is 1.96 bits per heavy atom. The number of rotatable bonds is 4. The minimum Gasteiger partial charge on any atom is -0.258 e. The molecule has 7 heteroatoms. The van der Waals surface area contributed by atoms with Gasteiger partial charge in [0.1, 0.15) is 11.1 Å². The molecule has 0 radical (unpaired) electrons. The smallest absolute Gasteiger partial charge is 0.258 e. The van der Waals surface area contributed by atoms with Crippen molar-refractivity contribution in [1.82, 2.24) is 4.98 Å². The van der Waals surface area contributed by atoms with Crippen molar-refractivity contribution >= 4 is 44.6 Å². The van der Waals surface area contributed by atoms with E-state index >= 15 is 0 Å². The number of benzene rings is 2. The third-order valence-corrected chi connectivity index (χ3v) is 4.83. The zero-order valence-corrected chi connectivity index (χ0v) is 15.1. The molecule has 0 saturated carbocycles. The maximum atomic E-state index is 11.1. The molecule has 2 aromatic carbocycles. The second-order valence-electron chi connectivity index (χ2n) is 5.03. The van der Waals surface area contributed by atoms with Gasteiger partial charge in [0.2, 0.25) is 0 Å². The molecule has 25 heavy (non-hydrogen) atoms. The maximum absolute atomic E-state index is 11.1. The number of para-hydroxylation sites is 1. The summed E-state index contributed by atoms with van der Waals surface area (Å²) in [4.78, 5) is 15.2. The van der Waals surface area contributed by atoms with Crippen molar-refractivity contribution in [2.45, 2.75) is 0 Å². The SMILES string of the molecule is N#C/C(=C/c1ccccc1[N+](=O)[O-])c1nc(-c2ccc(Br)cc2)cs1. The summed E-state index contributed by atoms with van der Waals surface area (Å²) in [6, 6.07) is 16.1. The van der Waals surface area contributed by atoms with Crippen LogP contribution in [0.2, 0.25) is 0 Å². The number of nitro benzene ring substituents is 1. The predicted molar refractivity (Wildman–Crippen MR) is 102 cm³/mol. The highest BCUT2D eigenvalue weighted by molar-refractivity contribution is 9.10. The van der Waals surface area contributed by atoms with Gasteiger partial charge in [0, 0.05) is 21.5 Å². The number of nitriles is 1. The molecule has 3 aromatic rings. The number of allylic oxidation sites excluding steroid dienone is 1. The van der Waals surface area contributed by atoms with E-state index in [-0.39, 0.29) is 5.69 Å². The molecule has 0 atom stereocenters. The predicted octanol–water partition coefficient (Wildman–Crippen LogP) is 5.54. The number of hydrogen-bond acceptors (Lipinski definition) is 5. The molecule has 0 bridgehead atoms. The average molecular weight is 412 g/mol. The third-order valence-electron chi connectivity index (χ3n) is 3.43. The summed E-state index contributed by atoms with van der Waals surface area (Å²) in [7, 11) is 0. The van der Waals surface area contributed by atoms with Crippen LogP contribution in [-0.4, -0.2) is 9.91 Å². The minimum atomic E-state index is -0.462.